The minimum absolute atomic E-state index is 0.0593. The second-order valence-corrected chi connectivity index (χ2v) is 9.28. The monoisotopic (exact) mass is 489 g/mol. The fourth-order valence-electron chi connectivity index (χ4n) is 4.15. The minimum atomic E-state index is -0.0593. The summed E-state index contributed by atoms with van der Waals surface area (Å²) in [5, 5.41) is 4.21. The van der Waals surface area contributed by atoms with Gasteiger partial charge in [-0.05, 0) is 62.8 Å². The number of para-hydroxylation sites is 2. The van der Waals surface area contributed by atoms with Crippen molar-refractivity contribution in [3.63, 3.8) is 0 Å². The molecule has 1 fully saturated rings. The number of nitrogens with one attached hydrogen (secondary N) is 1. The molecule has 4 rings (SSSR count). The van der Waals surface area contributed by atoms with Gasteiger partial charge in [0.15, 0.2) is 0 Å². The van der Waals surface area contributed by atoms with Gasteiger partial charge in [0, 0.05) is 38.3 Å². The van der Waals surface area contributed by atoms with Crippen LogP contribution in [-0.4, -0.2) is 43.1 Å². The van der Waals surface area contributed by atoms with Crippen LogP contribution in [0.25, 0.3) is 10.9 Å². The molecule has 1 aliphatic rings. The van der Waals surface area contributed by atoms with E-state index in [2.05, 4.69) is 28.8 Å². The molecule has 2 aromatic carbocycles. The van der Waals surface area contributed by atoms with Crippen LogP contribution in [0.4, 0.5) is 11.5 Å². The number of rotatable bonds is 5. The van der Waals surface area contributed by atoms with Crippen LogP contribution in [0.1, 0.15) is 52.3 Å². The lowest BCUT2D eigenvalue weighted by molar-refractivity contribution is -0.118. The van der Waals surface area contributed by atoms with Gasteiger partial charge in [0.1, 0.15) is 11.6 Å². The zero-order chi connectivity index (χ0) is 26.7. The van der Waals surface area contributed by atoms with Crippen LogP contribution in [0.2, 0.25) is 0 Å². The van der Waals surface area contributed by atoms with Crippen molar-refractivity contribution in [2.24, 2.45) is 5.92 Å². The average molecular weight is 490 g/mol. The van der Waals surface area contributed by atoms with Crippen molar-refractivity contribution < 1.29 is 4.79 Å². The average Bonchev–Trinajstić information content (AvgIpc) is 2.90. The number of benzene rings is 2. The Bertz CT molecular complexity index is 1100. The number of aromatic nitrogens is 2. The zero-order valence-corrected chi connectivity index (χ0v) is 23.1. The van der Waals surface area contributed by atoms with Crippen LogP contribution in [0.15, 0.2) is 66.9 Å². The highest BCUT2D eigenvalue weighted by molar-refractivity contribution is 5.96. The van der Waals surface area contributed by atoms with Crippen LogP contribution in [0, 0.1) is 12.8 Å². The Morgan fingerprint density at radius 2 is 1.50 bits per heavy atom. The number of likely N-dealkylation sites (N-methyl/N-ethyl adjacent to an activating group) is 1. The van der Waals surface area contributed by atoms with Crippen molar-refractivity contribution in [3.8, 4) is 0 Å². The first-order valence-electron chi connectivity index (χ1n) is 13.0. The molecule has 6 heteroatoms. The van der Waals surface area contributed by atoms with Gasteiger partial charge in [0.2, 0.25) is 0 Å². The van der Waals surface area contributed by atoms with E-state index in [9.17, 15) is 4.79 Å². The van der Waals surface area contributed by atoms with E-state index < -0.39 is 0 Å². The summed E-state index contributed by atoms with van der Waals surface area (Å²) in [5.74, 6) is 2.52. The Morgan fingerprint density at radius 1 is 0.917 bits per heavy atom. The van der Waals surface area contributed by atoms with Gasteiger partial charge < -0.3 is 15.1 Å². The third-order valence-electron chi connectivity index (χ3n) is 6.28. The second kappa shape index (κ2) is 14.2. The summed E-state index contributed by atoms with van der Waals surface area (Å²) in [4.78, 5) is 24.9. The van der Waals surface area contributed by atoms with Crippen LogP contribution < -0.4 is 15.1 Å². The number of carbonyl (C=O) groups is 1. The lowest BCUT2D eigenvalue weighted by Crippen LogP contribution is -2.40. The smallest absolute Gasteiger partial charge is 0.267 e. The minimum Gasteiger partial charge on any atom is -0.362 e. The molecule has 1 heterocycles. The molecule has 0 unspecified atom stereocenters. The van der Waals surface area contributed by atoms with Gasteiger partial charge in [-0.1, -0.05) is 57.7 Å². The number of anilines is 2. The normalized spacial score (nSPS) is 16.5. The maximum Gasteiger partial charge on any atom is 0.267 e. The zero-order valence-electron chi connectivity index (χ0n) is 23.1. The Labute approximate surface area is 217 Å². The van der Waals surface area contributed by atoms with E-state index in [0.29, 0.717) is 11.7 Å². The Balaban J connectivity index is 0.000000250. The molecule has 36 heavy (non-hydrogen) atoms. The standard InChI is InChI=1S/C17H24N2O.C11H13N3.C2H6/c1-13-9-11-15(12-10-13)18-17(20)14(2)19(3)16-7-5-4-6-8-16;1-8-12-10-7-5-4-6-9(10)11(13-8)14(2)3;1-2/h4-8,13,15H,2,9-12H2,1,3H3,(H,18,20);4-7H,1-3H3;1-2H3. The Hall–Kier alpha value is -3.41. The summed E-state index contributed by atoms with van der Waals surface area (Å²) < 4.78 is 0. The van der Waals surface area contributed by atoms with Gasteiger partial charge in [0.05, 0.1) is 11.2 Å². The molecule has 0 radical (unpaired) electrons. The molecule has 1 amide bonds. The molecular weight excluding hydrogens is 446 g/mol. The van der Waals surface area contributed by atoms with Crippen LogP contribution >= 0.6 is 0 Å². The van der Waals surface area contributed by atoms with Crippen molar-refractivity contribution in [1.82, 2.24) is 15.3 Å². The van der Waals surface area contributed by atoms with Crippen molar-refractivity contribution >= 4 is 28.3 Å². The van der Waals surface area contributed by atoms with Crippen molar-refractivity contribution in [2.75, 3.05) is 30.9 Å². The van der Waals surface area contributed by atoms with E-state index in [0.717, 1.165) is 47.0 Å². The fraction of sp³-hybridized carbons (Fsp3) is 0.433. The molecule has 0 aliphatic heterocycles. The third kappa shape index (κ3) is 8.08. The van der Waals surface area contributed by atoms with E-state index in [4.69, 9.17) is 0 Å². The number of carbonyl (C=O) groups excluding carboxylic acids is 1. The number of hydrogen-bond acceptors (Lipinski definition) is 5. The summed E-state index contributed by atoms with van der Waals surface area (Å²) in [6, 6.07) is 18.2. The van der Waals surface area contributed by atoms with Gasteiger partial charge in [0.25, 0.3) is 5.91 Å². The predicted octanol–water partition coefficient (Wildman–Crippen LogP) is 6.36. The van der Waals surface area contributed by atoms with Crippen LogP contribution in [0.3, 0.4) is 0 Å². The number of amides is 1. The molecule has 0 saturated heterocycles. The number of fused-ring (bicyclic) bond motifs is 1. The number of nitrogens with zero attached hydrogens (tertiary/aromatic N) is 4. The Morgan fingerprint density at radius 3 is 2.11 bits per heavy atom. The molecule has 0 atom stereocenters. The predicted molar refractivity (Wildman–Crippen MR) is 153 cm³/mol. The van der Waals surface area contributed by atoms with Gasteiger partial charge in [-0.2, -0.15) is 0 Å². The number of aryl methyl sites for hydroxylation is 1. The topological polar surface area (TPSA) is 61.4 Å². The largest absolute Gasteiger partial charge is 0.362 e. The first-order chi connectivity index (χ1) is 17.3. The first kappa shape index (κ1) is 28.8. The summed E-state index contributed by atoms with van der Waals surface area (Å²) >= 11 is 0. The van der Waals surface area contributed by atoms with Crippen LogP contribution in [0.5, 0.6) is 0 Å². The highest BCUT2D eigenvalue weighted by Gasteiger charge is 2.22. The third-order valence-corrected chi connectivity index (χ3v) is 6.28. The lowest BCUT2D eigenvalue weighted by Gasteiger charge is -2.28. The maximum absolute atomic E-state index is 12.3. The summed E-state index contributed by atoms with van der Waals surface area (Å²) in [6.45, 7) is 12.1. The van der Waals surface area contributed by atoms with E-state index in [1.807, 2.05) is 106 Å². The second-order valence-electron chi connectivity index (χ2n) is 9.28. The van der Waals surface area contributed by atoms with E-state index in [1.165, 1.54) is 12.8 Å². The molecule has 1 aromatic heterocycles. The molecule has 1 N–H and O–H groups in total. The molecule has 3 aromatic rings. The molecule has 0 bridgehead atoms. The van der Waals surface area contributed by atoms with E-state index in [1.54, 1.807) is 0 Å². The van der Waals surface area contributed by atoms with Crippen molar-refractivity contribution in [2.45, 2.75) is 59.4 Å². The Kier molecular flexibility index (Phi) is 11.4. The van der Waals surface area contributed by atoms with Gasteiger partial charge in [-0.3, -0.25) is 4.79 Å². The molecule has 6 nitrogen and oxygen atoms in total. The van der Waals surface area contributed by atoms with Crippen LogP contribution in [-0.2, 0) is 4.79 Å². The molecule has 0 spiro atoms. The van der Waals surface area contributed by atoms with Crippen molar-refractivity contribution in [1.29, 1.82) is 0 Å². The van der Waals surface area contributed by atoms with Gasteiger partial charge in [-0.25, -0.2) is 9.97 Å². The highest BCUT2D eigenvalue weighted by Crippen LogP contribution is 2.24. The fourth-order valence-corrected chi connectivity index (χ4v) is 4.15. The van der Waals surface area contributed by atoms with E-state index >= 15 is 0 Å². The van der Waals surface area contributed by atoms with Gasteiger partial charge in [-0.15, -0.1) is 0 Å². The molecule has 194 valence electrons. The maximum atomic E-state index is 12.3. The highest BCUT2D eigenvalue weighted by atomic mass is 16.2. The van der Waals surface area contributed by atoms with E-state index in [-0.39, 0.29) is 5.91 Å². The lowest BCUT2D eigenvalue weighted by atomic mass is 9.87. The summed E-state index contributed by atoms with van der Waals surface area (Å²) in [7, 11) is 5.86. The summed E-state index contributed by atoms with van der Waals surface area (Å²) in [6.07, 6.45) is 4.56. The molecule has 1 saturated carbocycles. The van der Waals surface area contributed by atoms with Gasteiger partial charge >= 0.3 is 0 Å². The molecule has 1 aliphatic carbocycles. The number of hydrogen-bond donors (Lipinski definition) is 1. The van der Waals surface area contributed by atoms with Crippen molar-refractivity contribution in [3.05, 3.63) is 72.7 Å². The quantitative estimate of drug-likeness (QED) is 0.423. The summed E-state index contributed by atoms with van der Waals surface area (Å²) in [5.41, 5.74) is 2.48. The molecular formula is C30H43N5O. The first-order valence-corrected chi connectivity index (χ1v) is 13.0. The SMILES string of the molecule is C=C(C(=O)NC1CCC(C)CC1)N(C)c1ccccc1.CC.Cc1nc(N(C)C)c2ccccc2n1.